The van der Waals surface area contributed by atoms with Gasteiger partial charge in [0.15, 0.2) is 0 Å². The molecule has 1 fully saturated rings. The van der Waals surface area contributed by atoms with Gasteiger partial charge in [0.05, 0.1) is 17.0 Å². The molecule has 2 aromatic rings. The smallest absolute Gasteiger partial charge is 0.322 e. The number of methoxy groups -OCH3 is 1. The molecule has 1 aliphatic heterocycles. The first-order valence-corrected chi connectivity index (χ1v) is 9.70. The van der Waals surface area contributed by atoms with Gasteiger partial charge in [0.25, 0.3) is 11.1 Å². The SMILES string of the molecule is COC(=O)[C@@H](N)Cc1ccc(Oc2ccc(C=C3SC(=O)NC3=O)cc2Cl)cc1.Cl. The second-order valence-corrected chi connectivity index (χ2v) is 7.54. The molecule has 0 unspecified atom stereocenters. The lowest BCUT2D eigenvalue weighted by molar-refractivity contribution is -0.142. The Morgan fingerprint density at radius 1 is 1.23 bits per heavy atom. The number of carbonyl (C=O) groups excluding carboxylic acids is 3. The minimum Gasteiger partial charge on any atom is -0.468 e. The normalized spacial score (nSPS) is 15.4. The van der Waals surface area contributed by atoms with Gasteiger partial charge in [-0.15, -0.1) is 12.4 Å². The van der Waals surface area contributed by atoms with Gasteiger partial charge >= 0.3 is 5.97 Å². The molecule has 1 aliphatic rings. The molecule has 2 aromatic carbocycles. The molecular formula is C20H18Cl2N2O5S. The van der Waals surface area contributed by atoms with E-state index in [1.54, 1.807) is 48.5 Å². The molecule has 0 saturated carbocycles. The summed E-state index contributed by atoms with van der Waals surface area (Å²) in [5.74, 6) is 0.102. The number of rotatable bonds is 6. The highest BCUT2D eigenvalue weighted by atomic mass is 35.5. The van der Waals surface area contributed by atoms with Crippen molar-refractivity contribution in [3.8, 4) is 11.5 Å². The van der Waals surface area contributed by atoms with E-state index in [4.69, 9.17) is 22.1 Å². The van der Waals surface area contributed by atoms with Crippen molar-refractivity contribution in [3.05, 3.63) is 63.5 Å². The van der Waals surface area contributed by atoms with Crippen molar-refractivity contribution in [3.63, 3.8) is 0 Å². The molecule has 10 heteroatoms. The Labute approximate surface area is 188 Å². The monoisotopic (exact) mass is 468 g/mol. The van der Waals surface area contributed by atoms with Crippen LogP contribution in [-0.4, -0.2) is 30.3 Å². The first kappa shape index (κ1) is 23.8. The number of ether oxygens (including phenoxy) is 2. The zero-order valence-corrected chi connectivity index (χ0v) is 18.1. The van der Waals surface area contributed by atoms with E-state index >= 15 is 0 Å². The number of nitrogens with two attached hydrogens (primary N) is 1. The Balaban J connectivity index is 0.00000320. The van der Waals surface area contributed by atoms with Crippen LogP contribution in [-0.2, 0) is 20.7 Å². The summed E-state index contributed by atoms with van der Waals surface area (Å²) in [6, 6.07) is 11.4. The summed E-state index contributed by atoms with van der Waals surface area (Å²) in [5, 5.41) is 2.15. The molecule has 0 bridgehead atoms. The van der Waals surface area contributed by atoms with Crippen molar-refractivity contribution in [2.45, 2.75) is 12.5 Å². The standard InChI is InChI=1S/C20H17ClN2O5S.ClH/c1-27-19(25)15(22)9-11-2-5-13(6-3-11)28-16-7-4-12(8-14(16)21)10-17-18(24)23-20(26)29-17;/h2-8,10,15H,9,22H2,1H3,(H,23,24,26);1H/t15-;/m0./s1. The quantitative estimate of drug-likeness (QED) is 0.488. The van der Waals surface area contributed by atoms with Gasteiger partial charge in [0.2, 0.25) is 0 Å². The van der Waals surface area contributed by atoms with Crippen LogP contribution in [0.4, 0.5) is 4.79 Å². The number of nitrogens with one attached hydrogen (secondary N) is 1. The molecule has 1 saturated heterocycles. The van der Waals surface area contributed by atoms with Crippen LogP contribution in [0, 0.1) is 0 Å². The van der Waals surface area contributed by atoms with Crippen LogP contribution in [0.15, 0.2) is 47.4 Å². The lowest BCUT2D eigenvalue weighted by Gasteiger charge is -2.11. The van der Waals surface area contributed by atoms with Gasteiger partial charge in [-0.25, -0.2) is 0 Å². The highest BCUT2D eigenvalue weighted by Gasteiger charge is 2.25. The molecule has 30 heavy (non-hydrogen) atoms. The summed E-state index contributed by atoms with van der Waals surface area (Å²) >= 11 is 7.12. The molecular weight excluding hydrogens is 451 g/mol. The third kappa shape index (κ3) is 5.99. The number of thioether (sulfide) groups is 1. The van der Waals surface area contributed by atoms with E-state index in [1.165, 1.54) is 7.11 Å². The zero-order chi connectivity index (χ0) is 21.0. The third-order valence-electron chi connectivity index (χ3n) is 4.01. The largest absolute Gasteiger partial charge is 0.468 e. The molecule has 0 aromatic heterocycles. The summed E-state index contributed by atoms with van der Waals surface area (Å²) in [4.78, 5) is 34.6. The lowest BCUT2D eigenvalue weighted by Crippen LogP contribution is -2.33. The average Bonchev–Trinajstić information content (AvgIpc) is 3.01. The van der Waals surface area contributed by atoms with Crippen LogP contribution < -0.4 is 15.8 Å². The first-order valence-electron chi connectivity index (χ1n) is 8.50. The maximum absolute atomic E-state index is 11.6. The summed E-state index contributed by atoms with van der Waals surface area (Å²) in [5.41, 5.74) is 7.29. The Morgan fingerprint density at radius 3 is 2.50 bits per heavy atom. The zero-order valence-electron chi connectivity index (χ0n) is 15.7. The van der Waals surface area contributed by atoms with Gasteiger partial charge in [0.1, 0.15) is 17.5 Å². The number of esters is 1. The Kier molecular flexibility index (Phi) is 8.31. The maximum Gasteiger partial charge on any atom is 0.322 e. The molecule has 0 aliphatic carbocycles. The summed E-state index contributed by atoms with van der Waals surface area (Å²) < 4.78 is 10.4. The van der Waals surface area contributed by atoms with Gasteiger partial charge in [-0.2, -0.15) is 0 Å². The Bertz CT molecular complexity index is 995. The van der Waals surface area contributed by atoms with E-state index in [1.807, 2.05) is 0 Å². The van der Waals surface area contributed by atoms with E-state index in [2.05, 4.69) is 10.1 Å². The van der Waals surface area contributed by atoms with E-state index in [0.29, 0.717) is 33.4 Å². The van der Waals surface area contributed by atoms with E-state index < -0.39 is 23.2 Å². The van der Waals surface area contributed by atoms with Gasteiger partial charge in [-0.3, -0.25) is 19.7 Å². The number of amides is 2. The van der Waals surface area contributed by atoms with Crippen molar-refractivity contribution in [1.29, 1.82) is 0 Å². The third-order valence-corrected chi connectivity index (χ3v) is 5.11. The van der Waals surface area contributed by atoms with Crippen LogP contribution in [0.25, 0.3) is 6.08 Å². The summed E-state index contributed by atoms with van der Waals surface area (Å²) in [7, 11) is 1.30. The van der Waals surface area contributed by atoms with Crippen molar-refractivity contribution in [1.82, 2.24) is 5.32 Å². The molecule has 1 heterocycles. The number of hydrogen-bond donors (Lipinski definition) is 2. The van der Waals surface area contributed by atoms with E-state index in [-0.39, 0.29) is 12.4 Å². The number of hydrogen-bond acceptors (Lipinski definition) is 7. The molecule has 0 radical (unpaired) electrons. The molecule has 1 atom stereocenters. The van der Waals surface area contributed by atoms with Crippen molar-refractivity contribution >= 4 is 59.0 Å². The Morgan fingerprint density at radius 2 is 1.93 bits per heavy atom. The van der Waals surface area contributed by atoms with Gasteiger partial charge < -0.3 is 15.2 Å². The molecule has 158 valence electrons. The summed E-state index contributed by atoms with van der Waals surface area (Å²) in [6.45, 7) is 0. The topological polar surface area (TPSA) is 108 Å². The minimum absolute atomic E-state index is 0. The highest BCUT2D eigenvalue weighted by Crippen LogP contribution is 2.32. The fourth-order valence-corrected chi connectivity index (χ4v) is 3.48. The molecule has 2 amide bonds. The number of imide groups is 1. The number of carbonyl (C=O) groups is 3. The van der Waals surface area contributed by atoms with E-state index in [9.17, 15) is 14.4 Å². The molecule has 3 N–H and O–H groups in total. The number of benzene rings is 2. The van der Waals surface area contributed by atoms with Crippen LogP contribution >= 0.6 is 35.8 Å². The fraction of sp³-hybridized carbons (Fsp3) is 0.150. The minimum atomic E-state index is -0.724. The van der Waals surface area contributed by atoms with Crippen LogP contribution in [0.1, 0.15) is 11.1 Å². The van der Waals surface area contributed by atoms with E-state index in [0.717, 1.165) is 17.3 Å². The molecule has 0 spiro atoms. The van der Waals surface area contributed by atoms with Gasteiger partial charge in [-0.1, -0.05) is 29.8 Å². The van der Waals surface area contributed by atoms with Crippen molar-refractivity contribution < 1.29 is 23.9 Å². The highest BCUT2D eigenvalue weighted by molar-refractivity contribution is 8.18. The molecule has 3 rings (SSSR count). The average molecular weight is 469 g/mol. The van der Waals surface area contributed by atoms with Crippen molar-refractivity contribution in [2.75, 3.05) is 7.11 Å². The van der Waals surface area contributed by atoms with Crippen LogP contribution in [0.3, 0.4) is 0 Å². The lowest BCUT2D eigenvalue weighted by atomic mass is 10.1. The van der Waals surface area contributed by atoms with Crippen molar-refractivity contribution in [2.24, 2.45) is 5.73 Å². The second-order valence-electron chi connectivity index (χ2n) is 6.12. The fourth-order valence-electron chi connectivity index (χ4n) is 2.57. The van der Waals surface area contributed by atoms with Gasteiger partial charge in [0, 0.05) is 0 Å². The van der Waals surface area contributed by atoms with Gasteiger partial charge in [-0.05, 0) is 59.7 Å². The first-order chi connectivity index (χ1) is 13.9. The second kappa shape index (κ2) is 10.5. The van der Waals surface area contributed by atoms with Crippen LogP contribution in [0.2, 0.25) is 5.02 Å². The number of halogens is 2. The predicted molar refractivity (Wildman–Crippen MR) is 118 cm³/mol. The Hall–Kier alpha value is -2.52. The maximum atomic E-state index is 11.6. The predicted octanol–water partition coefficient (Wildman–Crippen LogP) is 3.92. The molecule has 7 nitrogen and oxygen atoms in total. The summed E-state index contributed by atoms with van der Waals surface area (Å²) in [6.07, 6.45) is 1.94. The van der Waals surface area contributed by atoms with Crippen LogP contribution in [0.5, 0.6) is 11.5 Å².